The van der Waals surface area contributed by atoms with E-state index in [0.29, 0.717) is 18.7 Å². The first-order valence-electron chi connectivity index (χ1n) is 6.94. The van der Waals surface area contributed by atoms with Crippen molar-refractivity contribution in [3.8, 4) is 0 Å². The fourth-order valence-corrected chi connectivity index (χ4v) is 3.03. The molecule has 1 aromatic rings. The third kappa shape index (κ3) is 4.82. The molecule has 120 valence electrons. The number of nitrogens with one attached hydrogen (secondary N) is 2. The van der Waals surface area contributed by atoms with Crippen molar-refractivity contribution in [3.05, 3.63) is 12.0 Å². The van der Waals surface area contributed by atoms with Crippen molar-refractivity contribution < 1.29 is 13.2 Å². The maximum absolute atomic E-state index is 12.3. The standard InChI is InChI=1S/C13H24N4O3S/c1-6-11-14-8-12(15-11)21(19,20)16-10(7-9(2)3)13(18)17(4)5/h8-10,16H,6-7H2,1-5H3,(H,14,15). The lowest BCUT2D eigenvalue weighted by Gasteiger charge is -2.22. The van der Waals surface area contributed by atoms with Gasteiger partial charge < -0.3 is 9.88 Å². The Hall–Kier alpha value is -1.41. The fourth-order valence-electron chi connectivity index (χ4n) is 1.89. The Labute approximate surface area is 126 Å². The summed E-state index contributed by atoms with van der Waals surface area (Å²) in [5, 5.41) is -0.0142. The largest absolute Gasteiger partial charge is 0.347 e. The van der Waals surface area contributed by atoms with Crippen molar-refractivity contribution >= 4 is 15.9 Å². The van der Waals surface area contributed by atoms with Gasteiger partial charge in [0.1, 0.15) is 11.9 Å². The number of sulfonamides is 1. The summed E-state index contributed by atoms with van der Waals surface area (Å²) in [6.07, 6.45) is 2.32. The second-order valence-corrected chi connectivity index (χ2v) is 7.27. The number of nitrogens with zero attached hydrogens (tertiary/aromatic N) is 2. The Morgan fingerprint density at radius 2 is 2.05 bits per heavy atom. The van der Waals surface area contributed by atoms with E-state index in [1.54, 1.807) is 14.1 Å². The molecule has 0 aromatic carbocycles. The van der Waals surface area contributed by atoms with Gasteiger partial charge >= 0.3 is 0 Å². The van der Waals surface area contributed by atoms with Crippen LogP contribution in [-0.2, 0) is 21.2 Å². The quantitative estimate of drug-likeness (QED) is 0.776. The van der Waals surface area contributed by atoms with Gasteiger partial charge in [0, 0.05) is 20.5 Å². The zero-order chi connectivity index (χ0) is 16.2. The highest BCUT2D eigenvalue weighted by atomic mass is 32.2. The number of aryl methyl sites for hydroxylation is 1. The first-order chi connectivity index (χ1) is 9.67. The minimum atomic E-state index is -3.79. The summed E-state index contributed by atoms with van der Waals surface area (Å²) >= 11 is 0. The van der Waals surface area contributed by atoms with Crippen LogP contribution in [0.4, 0.5) is 0 Å². The normalized spacial score (nSPS) is 13.4. The molecule has 0 aliphatic carbocycles. The average Bonchev–Trinajstić information content (AvgIpc) is 2.85. The molecule has 2 N–H and O–H groups in total. The van der Waals surface area contributed by atoms with Crippen LogP contribution in [0.3, 0.4) is 0 Å². The molecule has 0 fully saturated rings. The summed E-state index contributed by atoms with van der Waals surface area (Å²) in [5.74, 6) is 0.520. The smallest absolute Gasteiger partial charge is 0.258 e. The second kappa shape index (κ2) is 7.04. The van der Waals surface area contributed by atoms with E-state index in [-0.39, 0.29) is 16.9 Å². The van der Waals surface area contributed by atoms with Gasteiger partial charge in [-0.05, 0) is 12.3 Å². The first kappa shape index (κ1) is 17.6. The molecule has 8 heteroatoms. The van der Waals surface area contributed by atoms with Gasteiger partial charge in [-0.15, -0.1) is 0 Å². The van der Waals surface area contributed by atoms with Crippen LogP contribution < -0.4 is 4.72 Å². The predicted octanol–water partition coefficient (Wildman–Crippen LogP) is 0.753. The SMILES string of the molecule is CCc1ncc(S(=O)(=O)NC(CC(C)C)C(=O)N(C)C)[nH]1. The van der Waals surface area contributed by atoms with Gasteiger partial charge in [-0.25, -0.2) is 13.4 Å². The Bertz CT molecular complexity index is 578. The van der Waals surface area contributed by atoms with Crippen molar-refractivity contribution in [1.82, 2.24) is 19.6 Å². The molecule has 0 saturated carbocycles. The molecule has 1 aromatic heterocycles. The minimum absolute atomic E-state index is 0.0142. The van der Waals surface area contributed by atoms with Crippen molar-refractivity contribution in [3.63, 3.8) is 0 Å². The number of carbonyl (C=O) groups is 1. The van der Waals surface area contributed by atoms with Crippen molar-refractivity contribution in [2.24, 2.45) is 5.92 Å². The molecule has 0 saturated heterocycles. The van der Waals surface area contributed by atoms with Gasteiger partial charge in [-0.2, -0.15) is 4.72 Å². The van der Waals surface area contributed by atoms with Gasteiger partial charge in [-0.3, -0.25) is 4.79 Å². The monoisotopic (exact) mass is 316 g/mol. The number of hydrogen-bond acceptors (Lipinski definition) is 4. The number of likely N-dealkylation sites (N-methyl/N-ethyl adjacent to an activating group) is 1. The van der Waals surface area contributed by atoms with E-state index in [9.17, 15) is 13.2 Å². The Morgan fingerprint density at radius 1 is 1.43 bits per heavy atom. The molecule has 0 bridgehead atoms. The molecule has 1 heterocycles. The number of imidazole rings is 1. The molecule has 21 heavy (non-hydrogen) atoms. The average molecular weight is 316 g/mol. The number of aromatic amines is 1. The molecule has 0 aliphatic rings. The molecule has 1 rings (SSSR count). The first-order valence-corrected chi connectivity index (χ1v) is 8.43. The zero-order valence-corrected chi connectivity index (χ0v) is 14.0. The molecule has 1 amide bonds. The molecule has 1 unspecified atom stereocenters. The summed E-state index contributed by atoms with van der Waals surface area (Å²) in [6, 6.07) is -0.779. The van der Waals surface area contributed by atoms with E-state index in [1.807, 2.05) is 20.8 Å². The summed E-state index contributed by atoms with van der Waals surface area (Å²) < 4.78 is 27.1. The van der Waals surface area contributed by atoms with E-state index in [0.717, 1.165) is 0 Å². The lowest BCUT2D eigenvalue weighted by molar-refractivity contribution is -0.130. The van der Waals surface area contributed by atoms with Crippen LogP contribution >= 0.6 is 0 Å². The molecular weight excluding hydrogens is 292 g/mol. The molecule has 0 spiro atoms. The third-order valence-corrected chi connectivity index (χ3v) is 4.35. The number of rotatable bonds is 7. The molecular formula is C13H24N4O3S. The van der Waals surface area contributed by atoms with E-state index in [1.165, 1.54) is 11.1 Å². The third-order valence-electron chi connectivity index (χ3n) is 2.97. The van der Waals surface area contributed by atoms with Crippen LogP contribution in [-0.4, -0.2) is 49.3 Å². The van der Waals surface area contributed by atoms with Crippen LogP contribution in [0, 0.1) is 5.92 Å². The van der Waals surface area contributed by atoms with Gasteiger partial charge in [0.15, 0.2) is 5.03 Å². The van der Waals surface area contributed by atoms with Gasteiger partial charge in [0.2, 0.25) is 5.91 Å². The minimum Gasteiger partial charge on any atom is -0.347 e. The second-order valence-electron chi connectivity index (χ2n) is 5.58. The van der Waals surface area contributed by atoms with Crippen LogP contribution in [0.15, 0.2) is 11.2 Å². The van der Waals surface area contributed by atoms with Gasteiger partial charge in [0.05, 0.1) is 6.20 Å². The Morgan fingerprint density at radius 3 is 2.48 bits per heavy atom. The molecule has 7 nitrogen and oxygen atoms in total. The Kier molecular flexibility index (Phi) is 5.91. The number of carbonyl (C=O) groups excluding carboxylic acids is 1. The number of aromatic nitrogens is 2. The maximum atomic E-state index is 12.3. The van der Waals surface area contributed by atoms with Gasteiger partial charge in [0.25, 0.3) is 10.0 Å². The highest BCUT2D eigenvalue weighted by Gasteiger charge is 2.28. The maximum Gasteiger partial charge on any atom is 0.258 e. The molecule has 0 radical (unpaired) electrons. The summed E-state index contributed by atoms with van der Waals surface area (Å²) in [5.41, 5.74) is 0. The molecule has 0 aliphatic heterocycles. The van der Waals surface area contributed by atoms with Crippen LogP contribution in [0.2, 0.25) is 0 Å². The number of H-pyrrole nitrogens is 1. The van der Waals surface area contributed by atoms with Crippen molar-refractivity contribution in [2.45, 2.75) is 44.7 Å². The van der Waals surface area contributed by atoms with E-state index >= 15 is 0 Å². The fraction of sp³-hybridized carbons (Fsp3) is 0.692. The predicted molar refractivity (Wildman–Crippen MR) is 80.2 cm³/mol. The van der Waals surface area contributed by atoms with Crippen LogP contribution in [0.25, 0.3) is 0 Å². The molecule has 1 atom stereocenters. The number of amides is 1. The summed E-state index contributed by atoms with van der Waals surface area (Å²) in [7, 11) is -0.575. The lowest BCUT2D eigenvalue weighted by atomic mass is 10.0. The topological polar surface area (TPSA) is 95.2 Å². The van der Waals surface area contributed by atoms with Gasteiger partial charge in [-0.1, -0.05) is 20.8 Å². The highest BCUT2D eigenvalue weighted by molar-refractivity contribution is 7.89. The van der Waals surface area contributed by atoms with Crippen molar-refractivity contribution in [1.29, 1.82) is 0 Å². The van der Waals surface area contributed by atoms with Crippen molar-refractivity contribution in [2.75, 3.05) is 14.1 Å². The Balaban J connectivity index is 2.97. The van der Waals surface area contributed by atoms with E-state index < -0.39 is 16.1 Å². The summed E-state index contributed by atoms with van der Waals surface area (Å²) in [4.78, 5) is 20.2. The highest BCUT2D eigenvalue weighted by Crippen LogP contribution is 2.12. The number of hydrogen-bond donors (Lipinski definition) is 2. The van der Waals surface area contributed by atoms with E-state index in [2.05, 4.69) is 14.7 Å². The zero-order valence-electron chi connectivity index (χ0n) is 13.2. The van der Waals surface area contributed by atoms with E-state index in [4.69, 9.17) is 0 Å². The van der Waals surface area contributed by atoms with Crippen LogP contribution in [0.1, 0.15) is 33.0 Å². The lowest BCUT2D eigenvalue weighted by Crippen LogP contribution is -2.46. The van der Waals surface area contributed by atoms with Crippen LogP contribution in [0.5, 0.6) is 0 Å². The summed E-state index contributed by atoms with van der Waals surface area (Å²) in [6.45, 7) is 5.76.